The van der Waals surface area contributed by atoms with Crippen molar-refractivity contribution in [2.45, 2.75) is 24.8 Å². The van der Waals surface area contributed by atoms with Crippen LogP contribution in [0.5, 0.6) is 0 Å². The second kappa shape index (κ2) is 6.23. The van der Waals surface area contributed by atoms with Crippen molar-refractivity contribution in [2.75, 3.05) is 24.5 Å². The number of aromatic nitrogens is 3. The van der Waals surface area contributed by atoms with Crippen molar-refractivity contribution in [3.63, 3.8) is 0 Å². The molecule has 5 rings (SSSR count). The lowest BCUT2D eigenvalue weighted by atomic mass is 10.1. The molecule has 7 heteroatoms. The second-order valence-corrected chi connectivity index (χ2v) is 7.84. The Morgan fingerprint density at radius 1 is 1.19 bits per heavy atom. The van der Waals surface area contributed by atoms with Crippen LogP contribution in [0, 0.1) is 0 Å². The zero-order valence-corrected chi connectivity index (χ0v) is 15.6. The number of amides is 1. The van der Waals surface area contributed by atoms with E-state index >= 15 is 0 Å². The number of benzene rings is 1. The third kappa shape index (κ3) is 2.84. The molecule has 3 aromatic rings. The van der Waals surface area contributed by atoms with Crippen LogP contribution in [-0.4, -0.2) is 50.9 Å². The summed E-state index contributed by atoms with van der Waals surface area (Å²) in [5.41, 5.74) is 1.40. The summed E-state index contributed by atoms with van der Waals surface area (Å²) in [4.78, 5) is 29.6. The zero-order chi connectivity index (χ0) is 18.4. The lowest BCUT2D eigenvalue weighted by Gasteiger charge is -2.32. The van der Waals surface area contributed by atoms with E-state index in [-0.39, 0.29) is 11.4 Å². The number of rotatable bonds is 2. The second-order valence-electron chi connectivity index (χ2n) is 7.40. The molecule has 1 aliphatic carbocycles. The number of hydrogen-bond acceptors (Lipinski definition) is 4. The Kier molecular flexibility index (Phi) is 3.82. The Morgan fingerprint density at radius 2 is 2.07 bits per heavy atom. The summed E-state index contributed by atoms with van der Waals surface area (Å²) >= 11 is 6.10. The van der Waals surface area contributed by atoms with Gasteiger partial charge in [-0.25, -0.2) is 9.97 Å². The van der Waals surface area contributed by atoms with Gasteiger partial charge in [0, 0.05) is 36.4 Å². The van der Waals surface area contributed by atoms with Gasteiger partial charge < -0.3 is 14.8 Å². The Balaban J connectivity index is 1.46. The van der Waals surface area contributed by atoms with E-state index < -0.39 is 0 Å². The molecule has 1 saturated carbocycles. The fraction of sp³-hybridized carbons (Fsp3) is 0.350. The van der Waals surface area contributed by atoms with Crippen molar-refractivity contribution in [3.05, 3.63) is 53.4 Å². The van der Waals surface area contributed by atoms with Crippen molar-refractivity contribution in [3.8, 4) is 0 Å². The molecule has 3 heterocycles. The minimum Gasteiger partial charge on any atom is -0.354 e. The first-order chi connectivity index (χ1) is 13.2. The highest BCUT2D eigenvalue weighted by Crippen LogP contribution is 2.45. The average molecular weight is 382 g/mol. The highest BCUT2D eigenvalue weighted by atomic mass is 35.5. The van der Waals surface area contributed by atoms with Crippen molar-refractivity contribution in [1.29, 1.82) is 0 Å². The number of hydrogen-bond donors (Lipinski definition) is 1. The van der Waals surface area contributed by atoms with Crippen molar-refractivity contribution >= 4 is 34.4 Å². The predicted octanol–water partition coefficient (Wildman–Crippen LogP) is 3.50. The Bertz CT molecular complexity index is 1010. The number of H-pyrrole nitrogens is 1. The number of halogens is 1. The molecule has 2 fully saturated rings. The summed E-state index contributed by atoms with van der Waals surface area (Å²) in [6.45, 7) is 2.43. The van der Waals surface area contributed by atoms with E-state index in [1.54, 1.807) is 18.5 Å². The molecule has 0 radical (unpaired) electrons. The number of aromatic amines is 1. The first-order valence-electron chi connectivity index (χ1n) is 9.27. The first kappa shape index (κ1) is 16.6. The molecule has 1 amide bonds. The molecule has 0 atom stereocenters. The fourth-order valence-corrected chi connectivity index (χ4v) is 4.32. The van der Waals surface area contributed by atoms with Gasteiger partial charge in [0.05, 0.1) is 10.9 Å². The summed E-state index contributed by atoms with van der Waals surface area (Å²) in [6, 6.07) is 9.26. The molecule has 27 heavy (non-hydrogen) atoms. The molecule has 0 bridgehead atoms. The third-order valence-electron chi connectivity index (χ3n) is 5.64. The summed E-state index contributed by atoms with van der Waals surface area (Å²) in [5, 5.41) is 1.63. The molecule has 138 valence electrons. The zero-order valence-electron chi connectivity index (χ0n) is 14.9. The highest BCUT2D eigenvalue weighted by molar-refractivity contribution is 6.31. The standard InChI is InChI=1S/C20H20ClN5O/c21-15-4-1-3-14(11-15)19(27)26-10-2-9-25(12-20(26)6-7-20)18-16-5-8-22-17(16)23-13-24-18/h1,3-5,8,11,13H,2,6-7,9-10,12H2,(H,22,23,24). The van der Waals surface area contributed by atoms with Gasteiger partial charge in [0.15, 0.2) is 0 Å². The lowest BCUT2D eigenvalue weighted by molar-refractivity contribution is 0.0669. The molecule has 2 aromatic heterocycles. The molecule has 1 aliphatic heterocycles. The van der Waals surface area contributed by atoms with Crippen LogP contribution >= 0.6 is 11.6 Å². The van der Waals surface area contributed by atoms with Gasteiger partial charge >= 0.3 is 0 Å². The number of nitrogens with one attached hydrogen (secondary N) is 1. The normalized spacial score (nSPS) is 18.7. The van der Waals surface area contributed by atoms with Crippen molar-refractivity contribution in [2.24, 2.45) is 0 Å². The van der Waals surface area contributed by atoms with Crippen LogP contribution in [0.2, 0.25) is 5.02 Å². The van der Waals surface area contributed by atoms with Crippen LogP contribution < -0.4 is 4.90 Å². The van der Waals surface area contributed by atoms with Gasteiger partial charge in [0.2, 0.25) is 0 Å². The minimum atomic E-state index is -0.108. The van der Waals surface area contributed by atoms with Gasteiger partial charge in [-0.05, 0) is 43.5 Å². The third-order valence-corrected chi connectivity index (χ3v) is 5.88. The molecule has 1 spiro atoms. The largest absolute Gasteiger partial charge is 0.354 e. The molecule has 1 saturated heterocycles. The van der Waals surface area contributed by atoms with E-state index in [0.717, 1.165) is 55.7 Å². The lowest BCUT2D eigenvalue weighted by Crippen LogP contribution is -2.46. The highest BCUT2D eigenvalue weighted by Gasteiger charge is 2.52. The van der Waals surface area contributed by atoms with Crippen LogP contribution in [0.25, 0.3) is 11.0 Å². The topological polar surface area (TPSA) is 65.1 Å². The van der Waals surface area contributed by atoms with Gasteiger partial charge in [-0.2, -0.15) is 0 Å². The van der Waals surface area contributed by atoms with Crippen molar-refractivity contribution in [1.82, 2.24) is 19.9 Å². The molecule has 6 nitrogen and oxygen atoms in total. The summed E-state index contributed by atoms with van der Waals surface area (Å²) in [5.74, 6) is 1.02. The molecule has 1 aromatic carbocycles. The molecule has 1 N–H and O–H groups in total. The molecular weight excluding hydrogens is 362 g/mol. The number of anilines is 1. The number of carbonyl (C=O) groups excluding carboxylic acids is 1. The fourth-order valence-electron chi connectivity index (χ4n) is 4.13. The molecular formula is C20H20ClN5O. The van der Waals surface area contributed by atoms with Gasteiger partial charge in [-0.3, -0.25) is 4.79 Å². The summed E-state index contributed by atoms with van der Waals surface area (Å²) in [7, 11) is 0. The van der Waals surface area contributed by atoms with Crippen molar-refractivity contribution < 1.29 is 4.79 Å². The predicted molar refractivity (Wildman–Crippen MR) is 105 cm³/mol. The maximum Gasteiger partial charge on any atom is 0.254 e. The molecule has 0 unspecified atom stereocenters. The molecule has 2 aliphatic rings. The Morgan fingerprint density at radius 3 is 2.89 bits per heavy atom. The van der Waals surface area contributed by atoms with Crippen LogP contribution in [0.15, 0.2) is 42.9 Å². The van der Waals surface area contributed by atoms with Gasteiger partial charge in [-0.15, -0.1) is 0 Å². The van der Waals surface area contributed by atoms with Crippen LogP contribution in [0.1, 0.15) is 29.6 Å². The number of nitrogens with zero attached hydrogens (tertiary/aromatic N) is 4. The van der Waals surface area contributed by atoms with E-state index in [0.29, 0.717) is 10.6 Å². The summed E-state index contributed by atoms with van der Waals surface area (Å²) < 4.78 is 0. The van der Waals surface area contributed by atoms with Gasteiger partial charge in [0.25, 0.3) is 5.91 Å². The maximum absolute atomic E-state index is 13.2. The number of carbonyl (C=O) groups is 1. The van der Waals surface area contributed by atoms with Crippen LogP contribution in [0.4, 0.5) is 5.82 Å². The van der Waals surface area contributed by atoms with Crippen LogP contribution in [-0.2, 0) is 0 Å². The van der Waals surface area contributed by atoms with E-state index in [1.807, 2.05) is 24.4 Å². The van der Waals surface area contributed by atoms with E-state index in [2.05, 4.69) is 24.8 Å². The monoisotopic (exact) mass is 381 g/mol. The smallest absolute Gasteiger partial charge is 0.254 e. The average Bonchev–Trinajstić information content (AvgIpc) is 3.34. The number of fused-ring (bicyclic) bond motifs is 1. The minimum absolute atomic E-state index is 0.0753. The first-order valence-corrected chi connectivity index (χ1v) is 9.65. The summed E-state index contributed by atoms with van der Waals surface area (Å²) in [6.07, 6.45) is 6.45. The van der Waals surface area contributed by atoms with E-state index in [4.69, 9.17) is 11.6 Å². The SMILES string of the molecule is O=C(c1cccc(Cl)c1)N1CCCN(c2ncnc3[nH]ccc23)CC12CC2. The quantitative estimate of drug-likeness (QED) is 0.737. The van der Waals surface area contributed by atoms with Crippen LogP contribution in [0.3, 0.4) is 0 Å². The maximum atomic E-state index is 13.2. The van der Waals surface area contributed by atoms with E-state index in [9.17, 15) is 4.79 Å². The Labute approximate surface area is 162 Å². The Hall–Kier alpha value is -2.60. The van der Waals surface area contributed by atoms with Gasteiger partial charge in [0.1, 0.15) is 17.8 Å². The van der Waals surface area contributed by atoms with E-state index in [1.165, 1.54) is 0 Å². The van der Waals surface area contributed by atoms with Gasteiger partial charge in [-0.1, -0.05) is 17.7 Å².